The molecule has 0 aliphatic carbocycles. The lowest BCUT2D eigenvalue weighted by Gasteiger charge is -2.34. The van der Waals surface area contributed by atoms with Crippen LogP contribution in [0.4, 0.5) is 0 Å². The van der Waals surface area contributed by atoms with E-state index >= 15 is 0 Å². The molecular weight excluding hydrogens is 286 g/mol. The molecule has 5 heteroatoms. The highest BCUT2D eigenvalue weighted by Crippen LogP contribution is 2.27. The van der Waals surface area contributed by atoms with E-state index in [1.54, 1.807) is 4.90 Å². The van der Waals surface area contributed by atoms with E-state index in [1.807, 2.05) is 31.3 Å². The summed E-state index contributed by atoms with van der Waals surface area (Å²) >= 11 is 5.98. The summed E-state index contributed by atoms with van der Waals surface area (Å²) in [5.41, 5.74) is 7.48. The first-order chi connectivity index (χ1) is 10.0. The second kappa shape index (κ2) is 7.25. The van der Waals surface area contributed by atoms with E-state index in [1.165, 1.54) is 0 Å². The maximum absolute atomic E-state index is 12.1. The van der Waals surface area contributed by atoms with Gasteiger partial charge in [-0.25, -0.2) is 0 Å². The highest BCUT2D eigenvalue weighted by Gasteiger charge is 2.29. The van der Waals surface area contributed by atoms with E-state index in [2.05, 4.69) is 11.8 Å². The Hall–Kier alpha value is -1.10. The van der Waals surface area contributed by atoms with Crippen molar-refractivity contribution < 1.29 is 4.79 Å². The van der Waals surface area contributed by atoms with Gasteiger partial charge in [-0.1, -0.05) is 30.7 Å². The fourth-order valence-electron chi connectivity index (χ4n) is 2.86. The molecule has 2 rings (SSSR count). The normalized spacial score (nSPS) is 20.2. The molecule has 0 aromatic heterocycles. The molecule has 1 aromatic rings. The average molecular weight is 310 g/mol. The quantitative estimate of drug-likeness (QED) is 0.928. The zero-order valence-electron chi connectivity index (χ0n) is 12.8. The molecule has 116 valence electrons. The number of nitrogens with zero attached hydrogens (tertiary/aromatic N) is 2. The zero-order chi connectivity index (χ0) is 15.4. The number of carbonyl (C=O) groups is 1. The van der Waals surface area contributed by atoms with Crippen molar-refractivity contribution in [2.75, 3.05) is 26.7 Å². The number of carbonyl (C=O) groups excluding carboxylic acids is 1. The number of halogens is 1. The van der Waals surface area contributed by atoms with Crippen molar-refractivity contribution in [2.45, 2.75) is 31.8 Å². The van der Waals surface area contributed by atoms with Crippen molar-refractivity contribution in [1.29, 1.82) is 0 Å². The van der Waals surface area contributed by atoms with Crippen LogP contribution in [0.2, 0.25) is 5.02 Å². The SMILES string of the molecule is CCC(N)C(c1ccc(Cl)cc1)N1CCCN(C)C(=O)C1. The fraction of sp³-hybridized carbons (Fsp3) is 0.562. The maximum atomic E-state index is 12.1. The first-order valence-corrected chi connectivity index (χ1v) is 7.89. The zero-order valence-corrected chi connectivity index (χ0v) is 13.5. The van der Waals surface area contributed by atoms with E-state index in [0.717, 1.165) is 31.5 Å². The Labute approximate surface area is 131 Å². The molecule has 1 fully saturated rings. The van der Waals surface area contributed by atoms with Gasteiger partial charge in [0.25, 0.3) is 0 Å². The minimum absolute atomic E-state index is 0.00221. The van der Waals surface area contributed by atoms with Gasteiger partial charge in [0, 0.05) is 31.2 Å². The average Bonchev–Trinajstić information content (AvgIpc) is 2.63. The number of hydrogen-bond donors (Lipinski definition) is 1. The molecule has 1 aliphatic rings. The van der Waals surface area contributed by atoms with Gasteiger partial charge in [0.05, 0.1) is 12.6 Å². The molecule has 0 spiro atoms. The van der Waals surface area contributed by atoms with Crippen LogP contribution in [0.15, 0.2) is 24.3 Å². The predicted molar refractivity (Wildman–Crippen MR) is 86.3 cm³/mol. The Bertz CT molecular complexity index is 477. The summed E-state index contributed by atoms with van der Waals surface area (Å²) in [4.78, 5) is 16.2. The Morgan fingerprint density at radius 1 is 1.29 bits per heavy atom. The molecular formula is C16H24ClN3O. The van der Waals surface area contributed by atoms with Crippen LogP contribution in [-0.2, 0) is 4.79 Å². The second-order valence-electron chi connectivity index (χ2n) is 5.71. The molecule has 2 atom stereocenters. The molecule has 2 N–H and O–H groups in total. The molecule has 1 aliphatic heterocycles. The third kappa shape index (κ3) is 3.96. The summed E-state index contributed by atoms with van der Waals surface area (Å²) in [6.07, 6.45) is 1.84. The summed E-state index contributed by atoms with van der Waals surface area (Å²) in [6.45, 7) is 4.21. The van der Waals surface area contributed by atoms with E-state index in [9.17, 15) is 4.79 Å². The third-order valence-corrected chi connectivity index (χ3v) is 4.44. The second-order valence-corrected chi connectivity index (χ2v) is 6.14. The van der Waals surface area contributed by atoms with E-state index in [-0.39, 0.29) is 18.0 Å². The van der Waals surface area contributed by atoms with Gasteiger partial charge in [-0.05, 0) is 30.5 Å². The van der Waals surface area contributed by atoms with Gasteiger partial charge >= 0.3 is 0 Å². The Kier molecular flexibility index (Phi) is 5.62. The lowest BCUT2D eigenvalue weighted by atomic mass is 9.96. The lowest BCUT2D eigenvalue weighted by molar-refractivity contribution is -0.130. The van der Waals surface area contributed by atoms with Crippen molar-refractivity contribution in [1.82, 2.24) is 9.80 Å². The van der Waals surface area contributed by atoms with Gasteiger partial charge in [-0.2, -0.15) is 0 Å². The van der Waals surface area contributed by atoms with E-state index < -0.39 is 0 Å². The Balaban J connectivity index is 2.27. The van der Waals surface area contributed by atoms with Crippen molar-refractivity contribution in [3.05, 3.63) is 34.9 Å². The molecule has 0 radical (unpaired) electrons. The molecule has 4 nitrogen and oxygen atoms in total. The van der Waals surface area contributed by atoms with Crippen LogP contribution < -0.4 is 5.73 Å². The van der Waals surface area contributed by atoms with Crippen LogP contribution in [0.3, 0.4) is 0 Å². The molecule has 0 saturated carbocycles. The smallest absolute Gasteiger partial charge is 0.236 e. The lowest BCUT2D eigenvalue weighted by Crippen LogP contribution is -2.44. The summed E-state index contributed by atoms with van der Waals surface area (Å²) in [5, 5.41) is 0.717. The summed E-state index contributed by atoms with van der Waals surface area (Å²) in [6, 6.07) is 7.87. The Morgan fingerprint density at radius 2 is 1.95 bits per heavy atom. The topological polar surface area (TPSA) is 49.6 Å². The van der Waals surface area contributed by atoms with Crippen LogP contribution in [0, 0.1) is 0 Å². The third-order valence-electron chi connectivity index (χ3n) is 4.18. The number of likely N-dealkylation sites (N-methyl/N-ethyl adjacent to an activating group) is 1. The fourth-order valence-corrected chi connectivity index (χ4v) is 2.98. The van der Waals surface area contributed by atoms with Crippen LogP contribution in [0.25, 0.3) is 0 Å². The Morgan fingerprint density at radius 3 is 2.57 bits per heavy atom. The number of rotatable bonds is 4. The first kappa shape index (κ1) is 16.3. The highest BCUT2D eigenvalue weighted by molar-refractivity contribution is 6.30. The van der Waals surface area contributed by atoms with Crippen molar-refractivity contribution in [3.8, 4) is 0 Å². The number of hydrogen-bond acceptors (Lipinski definition) is 3. The van der Waals surface area contributed by atoms with E-state index in [0.29, 0.717) is 11.6 Å². The monoisotopic (exact) mass is 309 g/mol. The number of amides is 1. The molecule has 1 saturated heterocycles. The van der Waals surface area contributed by atoms with Gasteiger partial charge in [0.15, 0.2) is 0 Å². The molecule has 1 amide bonds. The van der Waals surface area contributed by atoms with Crippen molar-refractivity contribution in [2.24, 2.45) is 5.73 Å². The van der Waals surface area contributed by atoms with Crippen LogP contribution in [0.1, 0.15) is 31.4 Å². The largest absolute Gasteiger partial charge is 0.345 e. The van der Waals surface area contributed by atoms with Gasteiger partial charge in [0.2, 0.25) is 5.91 Å². The van der Waals surface area contributed by atoms with Gasteiger partial charge in [0.1, 0.15) is 0 Å². The molecule has 21 heavy (non-hydrogen) atoms. The van der Waals surface area contributed by atoms with Crippen LogP contribution in [0.5, 0.6) is 0 Å². The van der Waals surface area contributed by atoms with Crippen molar-refractivity contribution >= 4 is 17.5 Å². The molecule has 1 aromatic carbocycles. The first-order valence-electron chi connectivity index (χ1n) is 7.52. The van der Waals surface area contributed by atoms with Crippen LogP contribution >= 0.6 is 11.6 Å². The minimum Gasteiger partial charge on any atom is -0.345 e. The minimum atomic E-state index is 0.00221. The van der Waals surface area contributed by atoms with Gasteiger partial charge < -0.3 is 10.6 Å². The number of benzene rings is 1. The summed E-state index contributed by atoms with van der Waals surface area (Å²) in [5.74, 6) is 0.162. The summed E-state index contributed by atoms with van der Waals surface area (Å²) < 4.78 is 0. The number of nitrogens with two attached hydrogens (primary N) is 1. The molecule has 1 heterocycles. The van der Waals surface area contributed by atoms with Gasteiger partial charge in [-0.3, -0.25) is 9.69 Å². The van der Waals surface area contributed by atoms with E-state index in [4.69, 9.17) is 17.3 Å². The predicted octanol–water partition coefficient (Wildman–Crippen LogP) is 2.28. The molecule has 0 bridgehead atoms. The standard InChI is InChI=1S/C16H24ClN3O/c1-3-14(18)16(12-5-7-13(17)8-6-12)20-10-4-9-19(2)15(21)11-20/h5-8,14,16H,3-4,9-11,18H2,1-2H3. The summed E-state index contributed by atoms with van der Waals surface area (Å²) in [7, 11) is 1.86. The molecule has 2 unspecified atom stereocenters. The maximum Gasteiger partial charge on any atom is 0.236 e. The highest BCUT2D eigenvalue weighted by atomic mass is 35.5. The van der Waals surface area contributed by atoms with Crippen molar-refractivity contribution in [3.63, 3.8) is 0 Å². The van der Waals surface area contributed by atoms with Gasteiger partial charge in [-0.15, -0.1) is 0 Å². The van der Waals surface area contributed by atoms with Crippen LogP contribution in [-0.4, -0.2) is 48.4 Å².